The minimum absolute atomic E-state index is 0.229. The van der Waals surface area contributed by atoms with Crippen molar-refractivity contribution in [1.82, 2.24) is 15.0 Å². The third kappa shape index (κ3) is 2.39. The molecule has 1 atom stereocenters. The standard InChI is InChI=1S/C10H9BrIN3/c1-7(11)9-6-15(14-13-9)10-5-3-2-4-8(10)12/h2-7H,1H3. The molecule has 1 aromatic heterocycles. The number of alkyl halides is 1. The first kappa shape index (κ1) is 11.1. The van der Waals surface area contributed by atoms with Gasteiger partial charge >= 0.3 is 0 Å². The minimum atomic E-state index is 0.229. The maximum Gasteiger partial charge on any atom is 0.0965 e. The van der Waals surface area contributed by atoms with Gasteiger partial charge in [0.05, 0.1) is 22.4 Å². The first-order valence-corrected chi connectivity index (χ1v) is 6.49. The van der Waals surface area contributed by atoms with E-state index in [4.69, 9.17) is 0 Å². The van der Waals surface area contributed by atoms with Crippen molar-refractivity contribution in [3.8, 4) is 5.69 Å². The van der Waals surface area contributed by atoms with E-state index in [0.29, 0.717) is 0 Å². The molecule has 2 aromatic rings. The van der Waals surface area contributed by atoms with Gasteiger partial charge in [0, 0.05) is 3.57 Å². The van der Waals surface area contributed by atoms with Crippen molar-refractivity contribution >= 4 is 38.5 Å². The molecule has 1 heterocycles. The Kier molecular flexibility index (Phi) is 3.40. The lowest BCUT2D eigenvalue weighted by Gasteiger charge is -2.01. The van der Waals surface area contributed by atoms with Crippen molar-refractivity contribution < 1.29 is 0 Å². The van der Waals surface area contributed by atoms with Crippen LogP contribution in [0, 0.1) is 3.57 Å². The number of benzene rings is 1. The average molecular weight is 378 g/mol. The number of hydrogen-bond donors (Lipinski definition) is 0. The molecule has 1 aromatic carbocycles. The Bertz CT molecular complexity index is 467. The van der Waals surface area contributed by atoms with Crippen LogP contribution in [-0.2, 0) is 0 Å². The van der Waals surface area contributed by atoms with E-state index >= 15 is 0 Å². The van der Waals surface area contributed by atoms with Crippen LogP contribution in [0.25, 0.3) is 5.69 Å². The van der Waals surface area contributed by atoms with E-state index in [9.17, 15) is 0 Å². The zero-order chi connectivity index (χ0) is 10.8. The molecule has 3 nitrogen and oxygen atoms in total. The molecule has 0 saturated heterocycles. The number of para-hydroxylation sites is 1. The highest BCUT2D eigenvalue weighted by molar-refractivity contribution is 14.1. The highest BCUT2D eigenvalue weighted by atomic mass is 127. The monoisotopic (exact) mass is 377 g/mol. The average Bonchev–Trinajstić information content (AvgIpc) is 2.67. The molecule has 0 fully saturated rings. The van der Waals surface area contributed by atoms with Gasteiger partial charge in [0.1, 0.15) is 0 Å². The number of halogens is 2. The van der Waals surface area contributed by atoms with Gasteiger partial charge in [-0.05, 0) is 41.6 Å². The van der Waals surface area contributed by atoms with Gasteiger partial charge < -0.3 is 0 Å². The molecule has 0 spiro atoms. The van der Waals surface area contributed by atoms with Crippen molar-refractivity contribution in [3.05, 3.63) is 39.7 Å². The van der Waals surface area contributed by atoms with Gasteiger partial charge in [0.2, 0.25) is 0 Å². The first-order chi connectivity index (χ1) is 7.18. The zero-order valence-electron chi connectivity index (χ0n) is 8.06. The number of nitrogens with zero attached hydrogens (tertiary/aromatic N) is 3. The summed E-state index contributed by atoms with van der Waals surface area (Å²) in [5.74, 6) is 0. The van der Waals surface area contributed by atoms with Crippen LogP contribution < -0.4 is 0 Å². The second kappa shape index (κ2) is 4.61. The maximum atomic E-state index is 4.10. The molecule has 0 radical (unpaired) electrons. The highest BCUT2D eigenvalue weighted by Crippen LogP contribution is 2.21. The van der Waals surface area contributed by atoms with E-state index < -0.39 is 0 Å². The van der Waals surface area contributed by atoms with Crippen LogP contribution in [0.3, 0.4) is 0 Å². The molecule has 2 rings (SSSR count). The van der Waals surface area contributed by atoms with Crippen LogP contribution in [0.15, 0.2) is 30.5 Å². The van der Waals surface area contributed by atoms with Gasteiger partial charge in [0.25, 0.3) is 0 Å². The number of rotatable bonds is 2. The molecule has 1 unspecified atom stereocenters. The fourth-order valence-corrected chi connectivity index (χ4v) is 2.06. The molecule has 0 N–H and O–H groups in total. The minimum Gasteiger partial charge on any atom is -0.219 e. The summed E-state index contributed by atoms with van der Waals surface area (Å²) in [6, 6.07) is 8.08. The van der Waals surface area contributed by atoms with E-state index in [0.717, 1.165) is 15.0 Å². The quantitative estimate of drug-likeness (QED) is 0.593. The van der Waals surface area contributed by atoms with Gasteiger partial charge in [-0.15, -0.1) is 5.10 Å². The summed E-state index contributed by atoms with van der Waals surface area (Å²) in [6.07, 6.45) is 1.94. The topological polar surface area (TPSA) is 30.7 Å². The molecular weight excluding hydrogens is 369 g/mol. The fourth-order valence-electron chi connectivity index (χ4n) is 1.21. The normalized spacial score (nSPS) is 12.7. The predicted octanol–water partition coefficient (Wildman–Crippen LogP) is 3.33. The molecule has 0 aliphatic carbocycles. The smallest absolute Gasteiger partial charge is 0.0965 e. The Balaban J connectivity index is 2.42. The lowest BCUT2D eigenvalue weighted by Crippen LogP contribution is -1.97. The molecular formula is C10H9BrIN3. The Hall–Kier alpha value is -0.430. The van der Waals surface area contributed by atoms with Crippen LogP contribution in [0.1, 0.15) is 17.4 Å². The lowest BCUT2D eigenvalue weighted by molar-refractivity contribution is 0.794. The van der Waals surface area contributed by atoms with Crippen LogP contribution in [0.5, 0.6) is 0 Å². The summed E-state index contributed by atoms with van der Waals surface area (Å²) in [4.78, 5) is 0.229. The van der Waals surface area contributed by atoms with Crippen LogP contribution in [0.4, 0.5) is 0 Å². The maximum absolute atomic E-state index is 4.10. The van der Waals surface area contributed by atoms with Gasteiger partial charge in [-0.3, -0.25) is 0 Å². The third-order valence-corrected chi connectivity index (χ3v) is 3.40. The summed E-state index contributed by atoms with van der Waals surface area (Å²) in [5, 5.41) is 8.20. The zero-order valence-corrected chi connectivity index (χ0v) is 11.8. The second-order valence-corrected chi connectivity index (χ2v) is 5.69. The van der Waals surface area contributed by atoms with Gasteiger partial charge in [-0.25, -0.2) is 4.68 Å². The van der Waals surface area contributed by atoms with Gasteiger partial charge in [0.15, 0.2) is 0 Å². The third-order valence-electron chi connectivity index (χ3n) is 2.02. The Morgan fingerprint density at radius 3 is 2.73 bits per heavy atom. The van der Waals surface area contributed by atoms with Crippen molar-refractivity contribution in [3.63, 3.8) is 0 Å². The van der Waals surface area contributed by atoms with Gasteiger partial charge in [-0.2, -0.15) is 0 Å². The second-order valence-electron chi connectivity index (χ2n) is 3.16. The Morgan fingerprint density at radius 2 is 2.13 bits per heavy atom. The van der Waals surface area contributed by atoms with E-state index in [-0.39, 0.29) is 4.83 Å². The predicted molar refractivity (Wildman–Crippen MR) is 71.4 cm³/mol. The molecule has 15 heavy (non-hydrogen) atoms. The SMILES string of the molecule is CC(Br)c1cn(-c2ccccc2I)nn1. The summed E-state index contributed by atoms with van der Waals surface area (Å²) < 4.78 is 2.96. The molecule has 0 saturated carbocycles. The fraction of sp³-hybridized carbons (Fsp3) is 0.200. The molecule has 0 aliphatic rings. The van der Waals surface area contributed by atoms with Crippen molar-refractivity contribution in [2.75, 3.05) is 0 Å². The summed E-state index contributed by atoms with van der Waals surface area (Å²) in [7, 11) is 0. The van der Waals surface area contributed by atoms with Gasteiger partial charge in [-0.1, -0.05) is 33.3 Å². The van der Waals surface area contributed by atoms with Crippen molar-refractivity contribution in [2.24, 2.45) is 0 Å². The van der Waals surface area contributed by atoms with Crippen LogP contribution in [-0.4, -0.2) is 15.0 Å². The van der Waals surface area contributed by atoms with Crippen molar-refractivity contribution in [2.45, 2.75) is 11.8 Å². The highest BCUT2D eigenvalue weighted by Gasteiger charge is 2.08. The summed E-state index contributed by atoms with van der Waals surface area (Å²) in [5.41, 5.74) is 2.00. The summed E-state index contributed by atoms with van der Waals surface area (Å²) >= 11 is 5.76. The van der Waals surface area contributed by atoms with E-state index in [1.807, 2.05) is 31.3 Å². The summed E-state index contributed by atoms with van der Waals surface area (Å²) in [6.45, 7) is 2.03. The lowest BCUT2D eigenvalue weighted by atomic mass is 10.3. The van der Waals surface area contributed by atoms with E-state index in [1.54, 1.807) is 4.68 Å². The molecule has 78 valence electrons. The molecule has 5 heteroatoms. The largest absolute Gasteiger partial charge is 0.219 e. The van der Waals surface area contributed by atoms with Crippen LogP contribution in [0.2, 0.25) is 0 Å². The first-order valence-electron chi connectivity index (χ1n) is 4.49. The molecule has 0 aliphatic heterocycles. The van der Waals surface area contributed by atoms with E-state index in [2.05, 4.69) is 54.9 Å². The Morgan fingerprint density at radius 1 is 1.40 bits per heavy atom. The number of hydrogen-bond acceptors (Lipinski definition) is 2. The number of aromatic nitrogens is 3. The van der Waals surface area contributed by atoms with E-state index in [1.165, 1.54) is 0 Å². The Labute approximate surface area is 110 Å². The molecule has 0 bridgehead atoms. The van der Waals surface area contributed by atoms with Crippen LogP contribution >= 0.6 is 38.5 Å². The van der Waals surface area contributed by atoms with Crippen molar-refractivity contribution in [1.29, 1.82) is 0 Å². The molecule has 0 amide bonds.